The Morgan fingerprint density at radius 1 is 0.917 bits per heavy atom. The first-order valence-corrected chi connectivity index (χ1v) is 13.0. The first kappa shape index (κ1) is 26.5. The Labute approximate surface area is 215 Å². The summed E-state index contributed by atoms with van der Waals surface area (Å²) in [5.41, 5.74) is 2.60. The molecule has 7 heteroatoms. The number of β-amino-alcohol motifs (C(OH)–C–C–N with tert-alkyl or cyclic N) is 2. The highest BCUT2D eigenvalue weighted by Crippen LogP contribution is 2.30. The van der Waals surface area contributed by atoms with E-state index in [1.807, 2.05) is 32.0 Å². The third-order valence-corrected chi connectivity index (χ3v) is 7.51. The van der Waals surface area contributed by atoms with E-state index in [9.17, 15) is 15.0 Å². The maximum absolute atomic E-state index is 12.3. The second-order valence-corrected chi connectivity index (χ2v) is 11.0. The van der Waals surface area contributed by atoms with Gasteiger partial charge in [-0.2, -0.15) is 0 Å². The zero-order chi connectivity index (χ0) is 25.9. The highest BCUT2D eigenvalue weighted by atomic mass is 16.5. The number of nitrogens with zero attached hydrogens (tertiary/aromatic N) is 3. The number of rotatable bonds is 6. The number of hydrogen-bond donors (Lipinski definition) is 2. The molecule has 1 amide bonds. The van der Waals surface area contributed by atoms with Crippen molar-refractivity contribution in [3.05, 3.63) is 59.2 Å². The third-order valence-electron chi connectivity index (χ3n) is 7.51. The summed E-state index contributed by atoms with van der Waals surface area (Å²) in [5.74, 6) is 0.653. The molecule has 1 unspecified atom stereocenters. The second kappa shape index (κ2) is 10.8. The van der Waals surface area contributed by atoms with E-state index in [0.29, 0.717) is 44.8 Å². The molecule has 0 spiro atoms. The van der Waals surface area contributed by atoms with Crippen molar-refractivity contribution in [2.75, 3.05) is 57.3 Å². The Morgan fingerprint density at radius 3 is 2.22 bits per heavy atom. The number of amides is 1. The summed E-state index contributed by atoms with van der Waals surface area (Å²) >= 11 is 0. The Kier molecular flexibility index (Phi) is 7.93. The van der Waals surface area contributed by atoms with Crippen LogP contribution in [0, 0.1) is 20.8 Å². The molecular formula is C29H41N3O4. The molecule has 0 saturated carbocycles. The van der Waals surface area contributed by atoms with Crippen molar-refractivity contribution in [2.45, 2.75) is 51.7 Å². The number of para-hydroxylation sites is 1. The van der Waals surface area contributed by atoms with Crippen LogP contribution in [0.1, 0.15) is 36.5 Å². The zero-order valence-corrected chi connectivity index (χ0v) is 22.2. The topological polar surface area (TPSA) is 76.5 Å². The molecule has 4 rings (SSSR count). The Balaban J connectivity index is 1.42. The van der Waals surface area contributed by atoms with Gasteiger partial charge < -0.3 is 24.7 Å². The summed E-state index contributed by atoms with van der Waals surface area (Å²) in [6.07, 6.45) is 1.32. The van der Waals surface area contributed by atoms with E-state index in [2.05, 4.69) is 41.0 Å². The minimum atomic E-state index is -1.24. The molecule has 36 heavy (non-hydrogen) atoms. The summed E-state index contributed by atoms with van der Waals surface area (Å²) in [4.78, 5) is 18.4. The maximum atomic E-state index is 12.3. The minimum Gasteiger partial charge on any atom is -0.490 e. The molecule has 2 aliphatic heterocycles. The molecule has 7 nitrogen and oxygen atoms in total. The predicted molar refractivity (Wildman–Crippen MR) is 143 cm³/mol. The van der Waals surface area contributed by atoms with Gasteiger partial charge >= 0.3 is 0 Å². The molecule has 0 radical (unpaired) electrons. The van der Waals surface area contributed by atoms with Gasteiger partial charge in [-0.05, 0) is 68.5 Å². The number of carbonyl (C=O) groups is 1. The normalized spacial score (nSPS) is 22.8. The molecule has 2 heterocycles. The van der Waals surface area contributed by atoms with Crippen LogP contribution in [0.4, 0.5) is 5.69 Å². The van der Waals surface area contributed by atoms with Crippen molar-refractivity contribution in [1.82, 2.24) is 9.80 Å². The minimum absolute atomic E-state index is 0.0630. The Morgan fingerprint density at radius 2 is 1.58 bits per heavy atom. The van der Waals surface area contributed by atoms with Crippen molar-refractivity contribution >= 4 is 11.6 Å². The molecule has 0 aromatic heterocycles. The standard InChI is InChI=1S/C29H41N3O4/c1-22-15-23(2)17-26(16-22)36-21-29(35)19-30(13-14-32(20-29)25(4)33)18-28(34)9-11-31(12-10-28)27-8-6-5-7-24(27)3/h5-8,15-17,34-35H,9-14,18-21H2,1-4H3. The highest BCUT2D eigenvalue weighted by Gasteiger charge is 2.41. The lowest BCUT2D eigenvalue weighted by molar-refractivity contribution is -0.132. The smallest absolute Gasteiger partial charge is 0.219 e. The molecule has 2 fully saturated rings. The average Bonchev–Trinajstić information content (AvgIpc) is 2.97. The molecule has 2 saturated heterocycles. The van der Waals surface area contributed by atoms with Crippen molar-refractivity contribution in [2.24, 2.45) is 0 Å². The van der Waals surface area contributed by atoms with Crippen LogP contribution in [0.3, 0.4) is 0 Å². The van der Waals surface area contributed by atoms with Crippen LogP contribution < -0.4 is 9.64 Å². The SMILES string of the molecule is CC(=O)N1CCN(CC2(O)CCN(c3ccccc3C)CC2)CC(O)(COc2cc(C)cc(C)c2)C1. The van der Waals surface area contributed by atoms with Crippen LogP contribution in [0.2, 0.25) is 0 Å². The van der Waals surface area contributed by atoms with E-state index in [1.54, 1.807) is 4.90 Å². The van der Waals surface area contributed by atoms with Gasteiger partial charge in [-0.25, -0.2) is 0 Å². The molecule has 196 valence electrons. The number of piperidine rings is 1. The van der Waals surface area contributed by atoms with Crippen LogP contribution in [-0.4, -0.2) is 89.5 Å². The largest absolute Gasteiger partial charge is 0.490 e. The Hall–Kier alpha value is -2.61. The van der Waals surface area contributed by atoms with Gasteiger partial charge in [-0.15, -0.1) is 0 Å². The fourth-order valence-electron chi connectivity index (χ4n) is 5.63. The van der Waals surface area contributed by atoms with Crippen LogP contribution in [0.25, 0.3) is 0 Å². The molecular weight excluding hydrogens is 454 g/mol. The Bertz CT molecular complexity index is 1050. The quantitative estimate of drug-likeness (QED) is 0.642. The van der Waals surface area contributed by atoms with Gasteiger partial charge in [-0.3, -0.25) is 9.69 Å². The van der Waals surface area contributed by atoms with Crippen LogP contribution in [0.5, 0.6) is 5.75 Å². The monoisotopic (exact) mass is 495 g/mol. The van der Waals surface area contributed by atoms with Gasteiger partial charge in [0.05, 0.1) is 12.1 Å². The van der Waals surface area contributed by atoms with Gasteiger partial charge in [0.15, 0.2) is 0 Å². The summed E-state index contributed by atoms with van der Waals surface area (Å²) in [7, 11) is 0. The highest BCUT2D eigenvalue weighted by molar-refractivity contribution is 5.73. The van der Waals surface area contributed by atoms with E-state index in [-0.39, 0.29) is 19.1 Å². The summed E-state index contributed by atoms with van der Waals surface area (Å²) in [5, 5.41) is 23.1. The van der Waals surface area contributed by atoms with Crippen molar-refractivity contribution in [3.63, 3.8) is 0 Å². The van der Waals surface area contributed by atoms with E-state index >= 15 is 0 Å². The summed E-state index contributed by atoms with van der Waals surface area (Å²) in [6.45, 7) is 11.5. The van der Waals surface area contributed by atoms with Gasteiger partial charge in [-0.1, -0.05) is 24.3 Å². The fraction of sp³-hybridized carbons (Fsp3) is 0.552. The lowest BCUT2D eigenvalue weighted by Crippen LogP contribution is -2.55. The summed E-state index contributed by atoms with van der Waals surface area (Å²) in [6, 6.07) is 14.4. The van der Waals surface area contributed by atoms with Gasteiger partial charge in [0.1, 0.15) is 18.0 Å². The maximum Gasteiger partial charge on any atom is 0.219 e. The number of carbonyl (C=O) groups excluding carboxylic acids is 1. The van der Waals surface area contributed by atoms with Gasteiger partial charge in [0.25, 0.3) is 0 Å². The molecule has 2 aliphatic rings. The number of ether oxygens (including phenoxy) is 1. The molecule has 2 N–H and O–H groups in total. The van der Waals surface area contributed by atoms with Gasteiger partial charge in [0.2, 0.25) is 5.91 Å². The zero-order valence-electron chi connectivity index (χ0n) is 22.2. The van der Waals surface area contributed by atoms with E-state index < -0.39 is 11.2 Å². The van der Waals surface area contributed by atoms with Crippen molar-refractivity contribution < 1.29 is 19.7 Å². The molecule has 1 atom stereocenters. The van der Waals surface area contributed by atoms with Crippen LogP contribution >= 0.6 is 0 Å². The number of aliphatic hydroxyl groups is 2. The predicted octanol–water partition coefficient (Wildman–Crippen LogP) is 2.92. The number of aryl methyl sites for hydroxylation is 3. The van der Waals surface area contributed by atoms with Crippen molar-refractivity contribution in [3.8, 4) is 5.75 Å². The number of hydrogen-bond acceptors (Lipinski definition) is 6. The number of benzene rings is 2. The molecule has 2 aromatic rings. The molecule has 2 aromatic carbocycles. The average molecular weight is 496 g/mol. The molecule has 0 aliphatic carbocycles. The summed E-state index contributed by atoms with van der Waals surface area (Å²) < 4.78 is 6.05. The first-order valence-electron chi connectivity index (χ1n) is 13.0. The number of anilines is 1. The van der Waals surface area contributed by atoms with Crippen LogP contribution in [0.15, 0.2) is 42.5 Å². The lowest BCUT2D eigenvalue weighted by Gasteiger charge is -2.43. The third kappa shape index (κ3) is 6.58. The van der Waals surface area contributed by atoms with E-state index in [0.717, 1.165) is 24.2 Å². The fourth-order valence-corrected chi connectivity index (χ4v) is 5.63. The second-order valence-electron chi connectivity index (χ2n) is 11.0. The van der Waals surface area contributed by atoms with Crippen LogP contribution in [-0.2, 0) is 4.79 Å². The molecule has 0 bridgehead atoms. The van der Waals surface area contributed by atoms with E-state index in [4.69, 9.17) is 4.74 Å². The first-order chi connectivity index (χ1) is 17.0. The van der Waals surface area contributed by atoms with E-state index in [1.165, 1.54) is 18.2 Å². The van der Waals surface area contributed by atoms with Gasteiger partial charge in [0, 0.05) is 51.9 Å². The lowest BCUT2D eigenvalue weighted by atomic mass is 9.89. The van der Waals surface area contributed by atoms with Crippen molar-refractivity contribution in [1.29, 1.82) is 0 Å².